The highest BCUT2D eigenvalue weighted by molar-refractivity contribution is 5.87. The molecule has 0 aromatic carbocycles. The van der Waals surface area contributed by atoms with Gasteiger partial charge in [-0.1, -0.05) is 0 Å². The summed E-state index contributed by atoms with van der Waals surface area (Å²) in [5, 5.41) is 13.6. The molecule has 0 unspecified atom stereocenters. The van der Waals surface area contributed by atoms with Crippen molar-refractivity contribution in [3.63, 3.8) is 0 Å². The Balaban J connectivity index is 1.55. The fraction of sp³-hybridized carbons (Fsp3) is 0.400. The zero-order valence-electron chi connectivity index (χ0n) is 11.6. The monoisotopic (exact) mass is 284 g/mol. The molecule has 6 nitrogen and oxygen atoms in total. The average molecular weight is 284 g/mol. The number of rotatable bonds is 3. The van der Waals surface area contributed by atoms with Crippen LogP contribution >= 0.6 is 0 Å². The Labute approximate surface area is 122 Å². The van der Waals surface area contributed by atoms with Gasteiger partial charge in [-0.3, -0.25) is 4.68 Å². The second-order valence-corrected chi connectivity index (χ2v) is 5.69. The number of carbonyl (C=O) groups is 1. The maximum Gasteiger partial charge on any atom is 0.337 e. The van der Waals surface area contributed by atoms with Gasteiger partial charge in [0.15, 0.2) is 0 Å². The minimum absolute atomic E-state index is 0.219. The lowest BCUT2D eigenvalue weighted by Gasteiger charge is -2.28. The zero-order chi connectivity index (χ0) is 14.4. The van der Waals surface area contributed by atoms with Crippen LogP contribution in [0.1, 0.15) is 40.5 Å². The maximum atomic E-state index is 10.9. The molecule has 2 aromatic heterocycles. The van der Waals surface area contributed by atoms with Crippen molar-refractivity contribution in [1.29, 1.82) is 0 Å². The number of fused-ring (bicyclic) bond motifs is 1. The van der Waals surface area contributed by atoms with Crippen molar-refractivity contribution in [1.82, 2.24) is 14.8 Å². The Kier molecular flexibility index (Phi) is 2.70. The SMILES string of the molecule is O=C(O)c1ccc(N2CCn3nc(C4CC4)cc3C2)nc1. The van der Waals surface area contributed by atoms with E-state index in [0.717, 1.165) is 25.5 Å². The minimum Gasteiger partial charge on any atom is -0.478 e. The molecule has 1 saturated carbocycles. The summed E-state index contributed by atoms with van der Waals surface area (Å²) in [6.07, 6.45) is 3.94. The molecule has 0 radical (unpaired) electrons. The Hall–Kier alpha value is -2.37. The Bertz CT molecular complexity index is 688. The first-order valence-corrected chi connectivity index (χ1v) is 7.21. The molecule has 0 amide bonds. The first-order valence-electron chi connectivity index (χ1n) is 7.21. The molecule has 0 saturated heterocycles. The average Bonchev–Trinajstić information content (AvgIpc) is 3.26. The van der Waals surface area contributed by atoms with E-state index in [-0.39, 0.29) is 5.56 Å². The third kappa shape index (κ3) is 2.26. The number of hydrogen-bond acceptors (Lipinski definition) is 4. The number of anilines is 1. The molecular weight excluding hydrogens is 268 g/mol. The molecular formula is C15H16N4O2. The third-order valence-corrected chi connectivity index (χ3v) is 4.13. The molecule has 0 spiro atoms. The molecule has 1 N–H and O–H groups in total. The fourth-order valence-corrected chi connectivity index (χ4v) is 2.76. The molecule has 3 heterocycles. The van der Waals surface area contributed by atoms with Gasteiger partial charge in [-0.25, -0.2) is 9.78 Å². The Morgan fingerprint density at radius 3 is 2.81 bits per heavy atom. The summed E-state index contributed by atoms with van der Waals surface area (Å²) < 4.78 is 2.09. The fourth-order valence-electron chi connectivity index (χ4n) is 2.76. The number of aromatic carboxylic acids is 1. The molecule has 1 fully saturated rings. The topological polar surface area (TPSA) is 71.2 Å². The van der Waals surface area contributed by atoms with Gasteiger partial charge in [0.05, 0.1) is 30.0 Å². The Morgan fingerprint density at radius 1 is 1.29 bits per heavy atom. The lowest BCUT2D eigenvalue weighted by Crippen LogP contribution is -2.34. The molecule has 2 aromatic rings. The summed E-state index contributed by atoms with van der Waals surface area (Å²) in [7, 11) is 0. The van der Waals surface area contributed by atoms with Crippen LogP contribution in [0.25, 0.3) is 0 Å². The second kappa shape index (κ2) is 4.58. The van der Waals surface area contributed by atoms with Gasteiger partial charge in [-0.15, -0.1) is 0 Å². The van der Waals surface area contributed by atoms with Gasteiger partial charge in [0, 0.05) is 18.7 Å². The summed E-state index contributed by atoms with van der Waals surface area (Å²) in [6.45, 7) is 2.47. The third-order valence-electron chi connectivity index (χ3n) is 4.13. The predicted octanol–water partition coefficient (Wildman–Crippen LogP) is 1.87. The summed E-state index contributed by atoms with van der Waals surface area (Å²) in [5.74, 6) is 0.546. The van der Waals surface area contributed by atoms with Gasteiger partial charge < -0.3 is 10.0 Å². The standard InChI is InChI=1S/C15H16N4O2/c20-15(21)11-3-4-14(16-8-11)18-5-6-19-12(9-18)7-13(17-19)10-1-2-10/h3-4,7-8,10H,1-2,5-6,9H2,(H,20,21). The molecule has 6 heteroatoms. The molecule has 108 valence electrons. The predicted molar refractivity (Wildman–Crippen MR) is 76.4 cm³/mol. The molecule has 21 heavy (non-hydrogen) atoms. The van der Waals surface area contributed by atoms with Crippen molar-refractivity contribution in [3.05, 3.63) is 41.3 Å². The van der Waals surface area contributed by atoms with Crippen molar-refractivity contribution in [3.8, 4) is 0 Å². The first-order chi connectivity index (χ1) is 10.2. The van der Waals surface area contributed by atoms with Crippen molar-refractivity contribution in [2.24, 2.45) is 0 Å². The van der Waals surface area contributed by atoms with Crippen molar-refractivity contribution < 1.29 is 9.90 Å². The minimum atomic E-state index is -0.945. The van der Waals surface area contributed by atoms with E-state index in [9.17, 15) is 4.79 Å². The normalized spacial score (nSPS) is 17.6. The molecule has 4 rings (SSSR count). The van der Waals surface area contributed by atoms with Gasteiger partial charge in [0.1, 0.15) is 5.82 Å². The Morgan fingerprint density at radius 2 is 2.14 bits per heavy atom. The van der Waals surface area contributed by atoms with E-state index in [0.29, 0.717) is 5.92 Å². The van der Waals surface area contributed by atoms with Crippen LogP contribution in [0.4, 0.5) is 5.82 Å². The van der Waals surface area contributed by atoms with E-state index in [4.69, 9.17) is 5.11 Å². The van der Waals surface area contributed by atoms with Gasteiger partial charge in [-0.05, 0) is 31.0 Å². The van der Waals surface area contributed by atoms with Crippen LogP contribution in [0.15, 0.2) is 24.4 Å². The lowest BCUT2D eigenvalue weighted by atomic mass is 10.2. The lowest BCUT2D eigenvalue weighted by molar-refractivity contribution is 0.0696. The van der Waals surface area contributed by atoms with Gasteiger partial charge >= 0.3 is 5.97 Å². The van der Waals surface area contributed by atoms with E-state index < -0.39 is 5.97 Å². The van der Waals surface area contributed by atoms with Crippen molar-refractivity contribution >= 4 is 11.8 Å². The molecule has 0 atom stereocenters. The summed E-state index contributed by atoms with van der Waals surface area (Å²) in [6, 6.07) is 5.58. The van der Waals surface area contributed by atoms with Crippen LogP contribution in [0.2, 0.25) is 0 Å². The number of hydrogen-bond donors (Lipinski definition) is 1. The largest absolute Gasteiger partial charge is 0.478 e. The first kappa shape index (κ1) is 12.4. The van der Waals surface area contributed by atoms with Crippen LogP contribution in [0, 0.1) is 0 Å². The molecule has 0 bridgehead atoms. The summed E-state index contributed by atoms with van der Waals surface area (Å²) >= 11 is 0. The number of nitrogens with zero attached hydrogens (tertiary/aromatic N) is 4. The van der Waals surface area contributed by atoms with E-state index in [2.05, 4.69) is 25.7 Å². The number of aromatic nitrogens is 3. The molecule has 1 aliphatic carbocycles. The van der Waals surface area contributed by atoms with Gasteiger partial charge in [0.25, 0.3) is 0 Å². The van der Waals surface area contributed by atoms with Crippen molar-refractivity contribution in [2.45, 2.75) is 31.8 Å². The van der Waals surface area contributed by atoms with Crippen LogP contribution in [-0.4, -0.2) is 32.4 Å². The van der Waals surface area contributed by atoms with E-state index in [1.165, 1.54) is 30.4 Å². The summed E-state index contributed by atoms with van der Waals surface area (Å²) in [4.78, 5) is 17.3. The van der Waals surface area contributed by atoms with E-state index in [1.807, 2.05) is 0 Å². The number of carboxylic acids is 1. The highest BCUT2D eigenvalue weighted by Crippen LogP contribution is 2.39. The van der Waals surface area contributed by atoms with E-state index in [1.54, 1.807) is 12.1 Å². The van der Waals surface area contributed by atoms with Crippen LogP contribution in [0.5, 0.6) is 0 Å². The molecule has 1 aliphatic heterocycles. The van der Waals surface area contributed by atoms with Crippen LogP contribution in [0.3, 0.4) is 0 Å². The number of carboxylic acid groups (broad SMARTS) is 1. The summed E-state index contributed by atoms with van der Waals surface area (Å²) in [5.41, 5.74) is 2.66. The number of pyridine rings is 1. The maximum absolute atomic E-state index is 10.9. The van der Waals surface area contributed by atoms with Crippen LogP contribution < -0.4 is 4.90 Å². The molecule has 2 aliphatic rings. The smallest absolute Gasteiger partial charge is 0.337 e. The highest BCUT2D eigenvalue weighted by Gasteiger charge is 2.28. The van der Waals surface area contributed by atoms with Crippen molar-refractivity contribution in [2.75, 3.05) is 11.4 Å². The van der Waals surface area contributed by atoms with Gasteiger partial charge in [-0.2, -0.15) is 5.10 Å². The van der Waals surface area contributed by atoms with E-state index >= 15 is 0 Å². The van der Waals surface area contributed by atoms with Gasteiger partial charge in [0.2, 0.25) is 0 Å². The second-order valence-electron chi connectivity index (χ2n) is 5.69. The zero-order valence-corrected chi connectivity index (χ0v) is 11.6. The highest BCUT2D eigenvalue weighted by atomic mass is 16.4. The quantitative estimate of drug-likeness (QED) is 0.931. The van der Waals surface area contributed by atoms with Crippen LogP contribution in [-0.2, 0) is 13.1 Å².